The molecule has 2 aromatic carbocycles. The van der Waals surface area contributed by atoms with Crippen molar-refractivity contribution in [1.82, 2.24) is 9.80 Å². The van der Waals surface area contributed by atoms with Crippen LogP contribution in [0.4, 0.5) is 0 Å². The summed E-state index contributed by atoms with van der Waals surface area (Å²) in [6.45, 7) is 2.00. The van der Waals surface area contributed by atoms with Crippen molar-refractivity contribution in [3.8, 4) is 0 Å². The molecule has 154 valence electrons. The smallest absolute Gasteiger partial charge is 0.227 e. The maximum atomic E-state index is 13.5. The molecule has 1 fully saturated rings. The first-order chi connectivity index (χ1) is 14.1. The fourth-order valence-corrected chi connectivity index (χ4v) is 5.52. The van der Waals surface area contributed by atoms with Gasteiger partial charge in [-0.15, -0.1) is 0 Å². The predicted octanol–water partition coefficient (Wildman–Crippen LogP) is 3.37. The van der Waals surface area contributed by atoms with E-state index in [1.54, 1.807) is 0 Å². The monoisotopic (exact) mass is 391 g/mol. The molecule has 0 saturated carbocycles. The van der Waals surface area contributed by atoms with E-state index in [0.717, 1.165) is 38.8 Å². The molecule has 1 aliphatic heterocycles. The van der Waals surface area contributed by atoms with Crippen LogP contribution in [0.1, 0.15) is 41.9 Å². The van der Waals surface area contributed by atoms with E-state index >= 15 is 0 Å². The lowest BCUT2D eigenvalue weighted by Gasteiger charge is -2.47. The summed E-state index contributed by atoms with van der Waals surface area (Å²) in [4.78, 5) is 17.9. The number of likely N-dealkylation sites (tertiary alicyclic amines) is 1. The number of carbonyl (C=O) groups is 1. The molecule has 29 heavy (non-hydrogen) atoms. The third-order valence-electron chi connectivity index (χ3n) is 7.31. The van der Waals surface area contributed by atoms with E-state index in [4.69, 9.17) is 5.73 Å². The first-order valence-electron chi connectivity index (χ1n) is 10.9. The lowest BCUT2D eigenvalue weighted by molar-refractivity contribution is -0.138. The van der Waals surface area contributed by atoms with Gasteiger partial charge in [-0.1, -0.05) is 54.6 Å². The molecule has 0 bridgehead atoms. The first-order valence-corrected chi connectivity index (χ1v) is 10.9. The van der Waals surface area contributed by atoms with Crippen LogP contribution in [0, 0.1) is 5.92 Å². The van der Waals surface area contributed by atoms with E-state index in [1.165, 1.54) is 16.7 Å². The number of hydrogen-bond acceptors (Lipinski definition) is 3. The van der Waals surface area contributed by atoms with E-state index in [2.05, 4.69) is 78.5 Å². The second kappa shape index (κ2) is 8.29. The Morgan fingerprint density at radius 2 is 1.76 bits per heavy atom. The molecule has 2 N–H and O–H groups in total. The van der Waals surface area contributed by atoms with Crippen molar-refractivity contribution in [3.63, 3.8) is 0 Å². The minimum atomic E-state index is -0.109. The van der Waals surface area contributed by atoms with Crippen LogP contribution in [-0.2, 0) is 16.8 Å². The van der Waals surface area contributed by atoms with Gasteiger partial charge in [0.1, 0.15) is 0 Å². The lowest BCUT2D eigenvalue weighted by Crippen LogP contribution is -2.53. The van der Waals surface area contributed by atoms with E-state index in [1.807, 2.05) is 0 Å². The Hall–Kier alpha value is -2.17. The summed E-state index contributed by atoms with van der Waals surface area (Å²) >= 11 is 0. The highest BCUT2D eigenvalue weighted by atomic mass is 16.2. The Morgan fingerprint density at radius 1 is 1.10 bits per heavy atom. The van der Waals surface area contributed by atoms with Gasteiger partial charge in [0.05, 0.1) is 5.92 Å². The highest BCUT2D eigenvalue weighted by Crippen LogP contribution is 2.41. The molecule has 1 unspecified atom stereocenters. The largest absolute Gasteiger partial charge is 0.342 e. The summed E-state index contributed by atoms with van der Waals surface area (Å²) in [6, 6.07) is 19.3. The number of rotatable bonds is 5. The Kier molecular flexibility index (Phi) is 5.75. The van der Waals surface area contributed by atoms with Crippen molar-refractivity contribution in [2.45, 2.75) is 37.1 Å². The minimum absolute atomic E-state index is 0.00376. The maximum absolute atomic E-state index is 13.5. The van der Waals surface area contributed by atoms with Gasteiger partial charge < -0.3 is 10.6 Å². The average molecular weight is 392 g/mol. The normalized spacial score (nSPS) is 21.8. The van der Waals surface area contributed by atoms with Crippen molar-refractivity contribution in [2.75, 3.05) is 33.7 Å². The van der Waals surface area contributed by atoms with Gasteiger partial charge in [0, 0.05) is 25.2 Å². The van der Waals surface area contributed by atoms with Crippen LogP contribution in [0.3, 0.4) is 0 Å². The molecule has 0 radical (unpaired) electrons. The van der Waals surface area contributed by atoms with Crippen LogP contribution in [-0.4, -0.2) is 49.4 Å². The van der Waals surface area contributed by atoms with E-state index < -0.39 is 0 Å². The van der Waals surface area contributed by atoms with Crippen LogP contribution in [0.2, 0.25) is 0 Å². The number of aryl methyl sites for hydroxylation is 1. The number of nitrogens with two attached hydrogens (primary N) is 1. The number of carbonyl (C=O) groups excluding carboxylic acids is 1. The number of benzene rings is 2. The Labute approximate surface area is 174 Å². The van der Waals surface area contributed by atoms with Crippen LogP contribution in [0.25, 0.3) is 0 Å². The van der Waals surface area contributed by atoms with Crippen molar-refractivity contribution in [1.29, 1.82) is 0 Å². The predicted molar refractivity (Wildman–Crippen MR) is 118 cm³/mol. The Balaban J connectivity index is 1.50. The van der Waals surface area contributed by atoms with Gasteiger partial charge in [0.2, 0.25) is 5.91 Å². The van der Waals surface area contributed by atoms with Crippen LogP contribution < -0.4 is 5.73 Å². The molecule has 1 heterocycles. The van der Waals surface area contributed by atoms with Crippen molar-refractivity contribution in [3.05, 3.63) is 71.3 Å². The number of hydrogen-bond donors (Lipinski definition) is 1. The minimum Gasteiger partial charge on any atom is -0.342 e. The number of amides is 1. The van der Waals surface area contributed by atoms with Crippen LogP contribution >= 0.6 is 0 Å². The molecule has 0 aromatic heterocycles. The van der Waals surface area contributed by atoms with Gasteiger partial charge in [0.25, 0.3) is 0 Å². The topological polar surface area (TPSA) is 49.6 Å². The molecule has 2 aromatic rings. The van der Waals surface area contributed by atoms with Gasteiger partial charge in [-0.25, -0.2) is 0 Å². The Bertz CT molecular complexity index is 840. The SMILES string of the molecule is CN(C)C1(c2ccccc2)CCN(C(=O)C(CN)[C@@H]2CCc3ccccc32)CC1. The molecule has 1 amide bonds. The van der Waals surface area contributed by atoms with E-state index in [9.17, 15) is 4.79 Å². The molecule has 1 aliphatic carbocycles. The third-order valence-corrected chi connectivity index (χ3v) is 7.31. The molecule has 0 spiro atoms. The van der Waals surface area contributed by atoms with Gasteiger partial charge in [-0.3, -0.25) is 9.69 Å². The number of nitrogens with zero attached hydrogens (tertiary/aromatic N) is 2. The fourth-order valence-electron chi connectivity index (χ4n) is 5.52. The molecule has 2 atom stereocenters. The van der Waals surface area contributed by atoms with Gasteiger partial charge in [-0.2, -0.15) is 0 Å². The zero-order chi connectivity index (χ0) is 20.4. The Morgan fingerprint density at radius 3 is 2.41 bits per heavy atom. The van der Waals surface area contributed by atoms with Crippen molar-refractivity contribution in [2.24, 2.45) is 11.7 Å². The second-order valence-electron chi connectivity index (χ2n) is 8.80. The molecular formula is C25H33N3O. The third kappa shape index (κ3) is 3.60. The molecule has 4 nitrogen and oxygen atoms in total. The highest BCUT2D eigenvalue weighted by molar-refractivity contribution is 5.80. The van der Waals surface area contributed by atoms with Gasteiger partial charge in [-0.05, 0) is 62.4 Å². The number of piperidine rings is 1. The number of fused-ring (bicyclic) bond motifs is 1. The summed E-state index contributed by atoms with van der Waals surface area (Å²) in [5, 5.41) is 0. The summed E-state index contributed by atoms with van der Waals surface area (Å²) in [5.74, 6) is 0.398. The van der Waals surface area contributed by atoms with Crippen LogP contribution in [0.15, 0.2) is 54.6 Å². The standard InChI is InChI=1S/C25H33N3O/c1-27(2)25(20-9-4-3-5-10-20)14-16-28(17-15-25)24(29)23(18-26)22-13-12-19-8-6-7-11-21(19)22/h3-11,22-23H,12-18,26H2,1-2H3/t22-,23?/m1/s1. The first kappa shape index (κ1) is 20.1. The summed E-state index contributed by atoms with van der Waals surface area (Å²) in [7, 11) is 4.31. The van der Waals surface area contributed by atoms with Gasteiger partial charge >= 0.3 is 0 Å². The maximum Gasteiger partial charge on any atom is 0.227 e. The summed E-state index contributed by atoms with van der Waals surface area (Å²) < 4.78 is 0. The quantitative estimate of drug-likeness (QED) is 0.850. The van der Waals surface area contributed by atoms with Gasteiger partial charge in [0.15, 0.2) is 0 Å². The van der Waals surface area contributed by atoms with E-state index in [0.29, 0.717) is 6.54 Å². The molecule has 4 heteroatoms. The second-order valence-corrected chi connectivity index (χ2v) is 8.80. The van der Waals surface area contributed by atoms with E-state index in [-0.39, 0.29) is 23.3 Å². The zero-order valence-electron chi connectivity index (χ0n) is 17.7. The average Bonchev–Trinajstić information content (AvgIpc) is 3.19. The molecule has 4 rings (SSSR count). The van der Waals surface area contributed by atoms with Crippen LogP contribution in [0.5, 0.6) is 0 Å². The van der Waals surface area contributed by atoms with Crippen molar-refractivity contribution >= 4 is 5.91 Å². The molecule has 1 saturated heterocycles. The lowest BCUT2D eigenvalue weighted by atomic mass is 9.79. The highest BCUT2D eigenvalue weighted by Gasteiger charge is 2.42. The molecular weight excluding hydrogens is 358 g/mol. The van der Waals surface area contributed by atoms with Crippen molar-refractivity contribution < 1.29 is 4.79 Å². The summed E-state index contributed by atoms with van der Waals surface area (Å²) in [6.07, 6.45) is 4.00. The zero-order valence-corrected chi connectivity index (χ0v) is 17.7. The summed E-state index contributed by atoms with van der Waals surface area (Å²) in [5.41, 5.74) is 10.2. The fraction of sp³-hybridized carbons (Fsp3) is 0.480. The molecule has 2 aliphatic rings.